The van der Waals surface area contributed by atoms with Crippen LogP contribution in [0.4, 0.5) is 0 Å². The Bertz CT molecular complexity index is 479. The van der Waals surface area contributed by atoms with Gasteiger partial charge in [0.1, 0.15) is 0 Å². The molecule has 1 aliphatic heterocycles. The predicted octanol–water partition coefficient (Wildman–Crippen LogP) is -0.915. The summed E-state index contributed by atoms with van der Waals surface area (Å²) in [5, 5.41) is 11.6. The van der Waals surface area contributed by atoms with Gasteiger partial charge in [-0.3, -0.25) is 9.69 Å². The van der Waals surface area contributed by atoms with Crippen LogP contribution in [0.15, 0.2) is 6.33 Å². The lowest BCUT2D eigenvalue weighted by molar-refractivity contribution is 0.0684. The number of rotatable bonds is 5. The summed E-state index contributed by atoms with van der Waals surface area (Å²) in [5.41, 5.74) is -0.252. The average Bonchev–Trinajstić information content (AvgIpc) is 2.90. The number of hydrogen-bond acceptors (Lipinski definition) is 5. The molecule has 110 valence electrons. The first-order chi connectivity index (χ1) is 9.58. The van der Waals surface area contributed by atoms with Crippen molar-refractivity contribution in [2.45, 2.75) is 0 Å². The summed E-state index contributed by atoms with van der Waals surface area (Å²) >= 11 is 0. The third-order valence-corrected chi connectivity index (χ3v) is 3.38. The number of aromatic carboxylic acids is 1. The Morgan fingerprint density at radius 3 is 2.75 bits per heavy atom. The Hall–Kier alpha value is -1.93. The van der Waals surface area contributed by atoms with E-state index in [0.29, 0.717) is 6.54 Å². The highest BCUT2D eigenvalue weighted by molar-refractivity contribution is 6.02. The van der Waals surface area contributed by atoms with Gasteiger partial charge in [0.15, 0.2) is 11.4 Å². The summed E-state index contributed by atoms with van der Waals surface area (Å²) in [5.74, 6) is -1.65. The highest BCUT2D eigenvalue weighted by atomic mass is 16.4. The van der Waals surface area contributed by atoms with E-state index in [2.05, 4.69) is 32.1 Å². The van der Waals surface area contributed by atoms with Gasteiger partial charge in [0.05, 0.1) is 6.33 Å². The maximum absolute atomic E-state index is 11.8. The number of carbonyl (C=O) groups excluding carboxylic acids is 1. The van der Waals surface area contributed by atoms with Gasteiger partial charge in [-0.25, -0.2) is 9.78 Å². The Balaban J connectivity index is 1.78. The Morgan fingerprint density at radius 1 is 1.40 bits per heavy atom. The molecule has 2 rings (SSSR count). The number of H-pyrrole nitrogens is 1. The van der Waals surface area contributed by atoms with E-state index in [1.54, 1.807) is 0 Å². The summed E-state index contributed by atoms with van der Waals surface area (Å²) in [6.07, 6.45) is 1.21. The molecule has 0 aromatic carbocycles. The Morgan fingerprint density at radius 2 is 2.10 bits per heavy atom. The lowest BCUT2D eigenvalue weighted by atomic mass is 10.3. The standard InChI is InChI=1S/C12H19N5O3/c1-16-4-6-17(7-5-16)3-2-13-11(18)9-10(12(19)20)15-8-14-9/h8H,2-7H2,1H3,(H,13,18)(H,14,15)(H,19,20). The summed E-state index contributed by atoms with van der Waals surface area (Å²) in [4.78, 5) is 33.4. The summed E-state index contributed by atoms with van der Waals surface area (Å²) in [6, 6.07) is 0. The first-order valence-corrected chi connectivity index (χ1v) is 6.53. The molecular formula is C12H19N5O3. The SMILES string of the molecule is CN1CCN(CCNC(=O)c2nc[nH]c2C(=O)O)CC1. The van der Waals surface area contributed by atoms with Crippen molar-refractivity contribution >= 4 is 11.9 Å². The topological polar surface area (TPSA) is 102 Å². The number of amides is 1. The molecule has 0 bridgehead atoms. The molecule has 0 atom stereocenters. The quantitative estimate of drug-likeness (QED) is 0.645. The molecule has 0 spiro atoms. The molecule has 1 saturated heterocycles. The van der Waals surface area contributed by atoms with Gasteiger partial charge >= 0.3 is 5.97 Å². The molecule has 0 aliphatic carbocycles. The molecule has 20 heavy (non-hydrogen) atoms. The van der Waals surface area contributed by atoms with Gasteiger partial charge in [0.2, 0.25) is 0 Å². The van der Waals surface area contributed by atoms with Crippen molar-refractivity contribution in [2.75, 3.05) is 46.3 Å². The number of aromatic amines is 1. The van der Waals surface area contributed by atoms with Gasteiger partial charge in [0.25, 0.3) is 5.91 Å². The van der Waals surface area contributed by atoms with E-state index >= 15 is 0 Å². The van der Waals surface area contributed by atoms with Crippen molar-refractivity contribution in [3.63, 3.8) is 0 Å². The highest BCUT2D eigenvalue weighted by Gasteiger charge is 2.19. The van der Waals surface area contributed by atoms with Gasteiger partial charge in [0, 0.05) is 39.3 Å². The van der Waals surface area contributed by atoms with Crippen LogP contribution in [0.1, 0.15) is 21.0 Å². The number of nitrogens with one attached hydrogen (secondary N) is 2. The fourth-order valence-corrected chi connectivity index (χ4v) is 2.11. The molecule has 0 radical (unpaired) electrons. The van der Waals surface area contributed by atoms with Crippen molar-refractivity contribution in [3.8, 4) is 0 Å². The largest absolute Gasteiger partial charge is 0.477 e. The zero-order chi connectivity index (χ0) is 14.5. The molecule has 1 amide bonds. The summed E-state index contributed by atoms with van der Waals surface area (Å²) in [6.45, 7) is 5.25. The minimum Gasteiger partial charge on any atom is -0.477 e. The van der Waals surface area contributed by atoms with E-state index in [9.17, 15) is 9.59 Å². The van der Waals surface area contributed by atoms with Crippen molar-refractivity contribution in [3.05, 3.63) is 17.7 Å². The van der Waals surface area contributed by atoms with Crippen LogP contribution >= 0.6 is 0 Å². The monoisotopic (exact) mass is 281 g/mol. The number of carbonyl (C=O) groups is 2. The maximum atomic E-state index is 11.8. The minimum absolute atomic E-state index is 0.0733. The van der Waals surface area contributed by atoms with Crippen LogP contribution in [-0.4, -0.2) is 83.1 Å². The molecule has 0 saturated carbocycles. The minimum atomic E-state index is -1.19. The van der Waals surface area contributed by atoms with Crippen molar-refractivity contribution in [1.29, 1.82) is 0 Å². The Labute approximate surface area is 116 Å². The first kappa shape index (κ1) is 14.5. The smallest absolute Gasteiger partial charge is 0.354 e. The highest BCUT2D eigenvalue weighted by Crippen LogP contribution is 2.02. The normalized spacial score (nSPS) is 17.1. The second-order valence-electron chi connectivity index (χ2n) is 4.83. The van der Waals surface area contributed by atoms with Gasteiger partial charge in [-0.15, -0.1) is 0 Å². The third-order valence-electron chi connectivity index (χ3n) is 3.38. The van der Waals surface area contributed by atoms with Crippen LogP contribution in [0.3, 0.4) is 0 Å². The number of hydrogen-bond donors (Lipinski definition) is 3. The van der Waals surface area contributed by atoms with Crippen LogP contribution in [-0.2, 0) is 0 Å². The molecule has 1 aliphatic rings. The van der Waals surface area contributed by atoms with E-state index in [0.717, 1.165) is 32.7 Å². The Kier molecular flexibility index (Phi) is 4.70. The second-order valence-corrected chi connectivity index (χ2v) is 4.83. The second kappa shape index (κ2) is 6.49. The van der Waals surface area contributed by atoms with Crippen LogP contribution in [0.25, 0.3) is 0 Å². The van der Waals surface area contributed by atoms with Crippen molar-refractivity contribution in [1.82, 2.24) is 25.1 Å². The zero-order valence-electron chi connectivity index (χ0n) is 11.4. The summed E-state index contributed by atoms with van der Waals surface area (Å²) < 4.78 is 0. The van der Waals surface area contributed by atoms with E-state index in [4.69, 9.17) is 5.11 Å². The van der Waals surface area contributed by atoms with Gasteiger partial charge < -0.3 is 20.3 Å². The van der Waals surface area contributed by atoms with E-state index in [1.165, 1.54) is 6.33 Å². The number of nitrogens with zero attached hydrogens (tertiary/aromatic N) is 3. The number of carboxylic acid groups (broad SMARTS) is 1. The number of piperazine rings is 1. The van der Waals surface area contributed by atoms with Crippen LogP contribution < -0.4 is 5.32 Å². The fraction of sp³-hybridized carbons (Fsp3) is 0.583. The molecule has 0 unspecified atom stereocenters. The molecule has 8 nitrogen and oxygen atoms in total. The van der Waals surface area contributed by atoms with Gasteiger partial charge in [-0.1, -0.05) is 0 Å². The number of carboxylic acids is 1. The average molecular weight is 281 g/mol. The zero-order valence-corrected chi connectivity index (χ0v) is 11.4. The van der Waals surface area contributed by atoms with Crippen molar-refractivity contribution in [2.24, 2.45) is 0 Å². The molecule has 1 aromatic heterocycles. The molecular weight excluding hydrogens is 262 g/mol. The number of aromatic nitrogens is 2. The molecule has 3 N–H and O–H groups in total. The van der Waals surface area contributed by atoms with Crippen molar-refractivity contribution < 1.29 is 14.7 Å². The summed E-state index contributed by atoms with van der Waals surface area (Å²) in [7, 11) is 2.09. The molecule has 2 heterocycles. The van der Waals surface area contributed by atoms with Crippen LogP contribution in [0.5, 0.6) is 0 Å². The molecule has 8 heteroatoms. The van der Waals surface area contributed by atoms with Crippen LogP contribution in [0.2, 0.25) is 0 Å². The van der Waals surface area contributed by atoms with E-state index < -0.39 is 11.9 Å². The van der Waals surface area contributed by atoms with Crippen LogP contribution in [0, 0.1) is 0 Å². The maximum Gasteiger partial charge on any atom is 0.354 e. The molecule has 1 aromatic rings. The van der Waals surface area contributed by atoms with Gasteiger partial charge in [-0.2, -0.15) is 0 Å². The number of likely N-dealkylation sites (N-methyl/N-ethyl adjacent to an activating group) is 1. The number of imidazole rings is 1. The molecule has 1 fully saturated rings. The fourth-order valence-electron chi connectivity index (χ4n) is 2.11. The third kappa shape index (κ3) is 3.55. The van der Waals surface area contributed by atoms with E-state index in [-0.39, 0.29) is 11.4 Å². The van der Waals surface area contributed by atoms with E-state index in [1.807, 2.05) is 0 Å². The predicted molar refractivity (Wildman–Crippen MR) is 71.8 cm³/mol. The van der Waals surface area contributed by atoms with Gasteiger partial charge in [-0.05, 0) is 7.05 Å². The lowest BCUT2D eigenvalue weighted by Gasteiger charge is -2.32. The first-order valence-electron chi connectivity index (χ1n) is 6.53. The lowest BCUT2D eigenvalue weighted by Crippen LogP contribution is -2.47.